The highest BCUT2D eigenvalue weighted by molar-refractivity contribution is 7.76. The summed E-state index contributed by atoms with van der Waals surface area (Å²) in [4.78, 5) is 2.41. The van der Waals surface area contributed by atoms with Crippen LogP contribution in [0.2, 0.25) is 0 Å². The fourth-order valence-corrected chi connectivity index (χ4v) is 6.94. The molecule has 0 spiro atoms. The summed E-state index contributed by atoms with van der Waals surface area (Å²) in [5.41, 5.74) is 1.50. The Balaban J connectivity index is 1.48. The molecule has 2 fully saturated rings. The molecule has 158 valence electrons. The third kappa shape index (κ3) is 6.00. The van der Waals surface area contributed by atoms with Crippen molar-refractivity contribution in [3.8, 4) is 0 Å². The highest BCUT2D eigenvalue weighted by Gasteiger charge is 2.41. The first-order chi connectivity index (χ1) is 15.2. The molecular weight excluding hydrogens is 393 g/mol. The molecule has 2 aliphatic rings. The van der Waals surface area contributed by atoms with Crippen LogP contribution in [-0.2, 0) is 0 Å². The van der Waals surface area contributed by atoms with Crippen LogP contribution in [0.5, 0.6) is 0 Å². The third-order valence-corrected chi connectivity index (χ3v) is 8.52. The van der Waals surface area contributed by atoms with Gasteiger partial charge in [0.05, 0.1) is 0 Å². The van der Waals surface area contributed by atoms with Crippen LogP contribution in [-0.4, -0.2) is 25.0 Å². The maximum absolute atomic E-state index is 2.41. The summed E-state index contributed by atoms with van der Waals surface area (Å²) in [6, 6.07) is 22.5. The largest absolute Gasteiger partial charge is 0.306 e. The van der Waals surface area contributed by atoms with Crippen molar-refractivity contribution >= 4 is 18.5 Å². The molecule has 0 unspecified atom stereocenters. The fourth-order valence-electron chi connectivity index (χ4n) is 4.43. The molecule has 0 aliphatic heterocycles. The van der Waals surface area contributed by atoms with E-state index in [1.54, 1.807) is 0 Å². The number of nitrogens with zero attached hydrogens (tertiary/aromatic N) is 1. The van der Waals surface area contributed by atoms with Crippen molar-refractivity contribution in [3.63, 3.8) is 0 Å². The Morgan fingerprint density at radius 2 is 1.32 bits per heavy atom. The van der Waals surface area contributed by atoms with Crippen molar-refractivity contribution in [3.05, 3.63) is 123 Å². The minimum atomic E-state index is -0.562. The van der Waals surface area contributed by atoms with Gasteiger partial charge in [-0.05, 0) is 96.3 Å². The lowest BCUT2D eigenvalue weighted by Crippen LogP contribution is -2.36. The van der Waals surface area contributed by atoms with Crippen molar-refractivity contribution in [2.45, 2.75) is 31.7 Å². The molecule has 2 aliphatic carbocycles. The van der Waals surface area contributed by atoms with Crippen molar-refractivity contribution in [2.24, 2.45) is 0 Å². The van der Waals surface area contributed by atoms with Crippen LogP contribution in [0, 0.1) is 62.4 Å². The average molecular weight is 426 g/mol. The van der Waals surface area contributed by atoms with Gasteiger partial charge in [0.1, 0.15) is 0 Å². The minimum Gasteiger partial charge on any atom is -0.306 e. The first-order valence-electron chi connectivity index (χ1n) is 11.3. The second kappa shape index (κ2) is 11.6. The van der Waals surface area contributed by atoms with Gasteiger partial charge in [0.15, 0.2) is 0 Å². The van der Waals surface area contributed by atoms with Crippen molar-refractivity contribution in [2.75, 3.05) is 14.1 Å². The van der Waals surface area contributed by atoms with E-state index >= 15 is 0 Å². The highest BCUT2D eigenvalue weighted by Crippen LogP contribution is 2.57. The molecule has 31 heavy (non-hydrogen) atoms. The Labute approximate surface area is 192 Å². The summed E-state index contributed by atoms with van der Waals surface area (Å²) in [5.74, 6) is 2.96. The van der Waals surface area contributed by atoms with Crippen LogP contribution in [0.1, 0.15) is 25.7 Å². The summed E-state index contributed by atoms with van der Waals surface area (Å²) in [6.07, 6.45) is 20.6. The molecule has 0 saturated heterocycles. The number of benzene rings is 2. The van der Waals surface area contributed by atoms with Gasteiger partial charge >= 0.3 is 0 Å². The zero-order valence-electron chi connectivity index (χ0n) is 18.6. The van der Waals surface area contributed by atoms with Gasteiger partial charge in [0.25, 0.3) is 0 Å². The van der Waals surface area contributed by atoms with Crippen LogP contribution in [0.4, 0.5) is 0 Å². The Bertz CT molecular complexity index is 713. The summed E-state index contributed by atoms with van der Waals surface area (Å²) in [6.45, 7) is 0. The van der Waals surface area contributed by atoms with Crippen molar-refractivity contribution in [1.29, 1.82) is 0 Å². The van der Waals surface area contributed by atoms with E-state index in [2.05, 4.69) is 125 Å². The molecule has 0 amide bonds. The molecule has 2 aromatic rings. The summed E-state index contributed by atoms with van der Waals surface area (Å²) < 4.78 is 0. The van der Waals surface area contributed by atoms with E-state index in [1.165, 1.54) is 53.8 Å². The summed E-state index contributed by atoms with van der Waals surface area (Å²) in [7, 11) is 3.89. The first kappa shape index (κ1) is 23.0. The maximum atomic E-state index is 2.41. The molecule has 1 atom stereocenters. The van der Waals surface area contributed by atoms with E-state index in [-0.39, 0.29) is 0 Å². The predicted octanol–water partition coefficient (Wildman–Crippen LogP) is 5.75. The molecule has 0 aromatic heterocycles. The standard InChI is InChI=1S/C29H32NP/c1-30(2)28(22-12-11-16-24-14-9-10-15-24)27-21-13-23-29(27)31(25-17-5-3-6-18-25)26-19-7-4-8-20-26/h3-10,13-15,17-21,23,28H,11-12,16,22H2,1-2H3/t28-/m1/s1. The van der Waals surface area contributed by atoms with Crippen molar-refractivity contribution in [1.82, 2.24) is 4.90 Å². The van der Waals surface area contributed by atoms with Gasteiger partial charge in [0, 0.05) is 17.6 Å². The molecule has 1 nitrogen and oxygen atoms in total. The van der Waals surface area contributed by atoms with Gasteiger partial charge in [-0.1, -0.05) is 73.5 Å². The average Bonchev–Trinajstić information content (AvgIpc) is 3.48. The maximum Gasteiger partial charge on any atom is 0.0211 e. The van der Waals surface area contributed by atoms with Crippen LogP contribution >= 0.6 is 7.92 Å². The second-order valence-corrected chi connectivity index (χ2v) is 10.6. The Morgan fingerprint density at radius 1 is 0.710 bits per heavy atom. The van der Waals surface area contributed by atoms with Gasteiger partial charge in [-0.15, -0.1) is 0 Å². The number of hydrogen-bond donors (Lipinski definition) is 0. The normalized spacial score (nSPS) is 19.6. The minimum absolute atomic E-state index is 0.446. The zero-order chi connectivity index (χ0) is 21.5. The molecule has 4 rings (SSSR count). The van der Waals surface area contributed by atoms with E-state index < -0.39 is 7.92 Å². The smallest absolute Gasteiger partial charge is 0.0211 e. The summed E-state index contributed by atoms with van der Waals surface area (Å²) >= 11 is 0. The highest BCUT2D eigenvalue weighted by atomic mass is 31.1. The topological polar surface area (TPSA) is 3.24 Å². The quantitative estimate of drug-likeness (QED) is 0.346. The molecule has 2 saturated carbocycles. The third-order valence-electron chi connectivity index (χ3n) is 6.00. The summed E-state index contributed by atoms with van der Waals surface area (Å²) in [5, 5.41) is 2.84. The van der Waals surface area contributed by atoms with Crippen LogP contribution in [0.15, 0.2) is 60.7 Å². The Kier molecular flexibility index (Phi) is 8.63. The van der Waals surface area contributed by atoms with Crippen LogP contribution in [0.25, 0.3) is 0 Å². The monoisotopic (exact) mass is 425 g/mol. The van der Waals surface area contributed by atoms with E-state index in [9.17, 15) is 0 Å². The van der Waals surface area contributed by atoms with Crippen LogP contribution in [0.3, 0.4) is 0 Å². The van der Waals surface area contributed by atoms with Crippen LogP contribution < -0.4 is 10.6 Å². The second-order valence-electron chi connectivity index (χ2n) is 8.39. The van der Waals surface area contributed by atoms with Gasteiger partial charge in [0.2, 0.25) is 0 Å². The van der Waals surface area contributed by atoms with Crippen molar-refractivity contribution < 1.29 is 0 Å². The zero-order valence-corrected chi connectivity index (χ0v) is 19.5. The number of rotatable bonds is 10. The van der Waals surface area contributed by atoms with E-state index in [0.29, 0.717) is 6.04 Å². The van der Waals surface area contributed by atoms with Gasteiger partial charge in [-0.3, -0.25) is 0 Å². The van der Waals surface area contributed by atoms with E-state index in [0.717, 1.165) is 0 Å². The molecule has 2 aromatic carbocycles. The molecule has 0 N–H and O–H groups in total. The number of hydrogen-bond acceptors (Lipinski definition) is 1. The molecule has 10 radical (unpaired) electrons. The predicted molar refractivity (Wildman–Crippen MR) is 135 cm³/mol. The van der Waals surface area contributed by atoms with Gasteiger partial charge < -0.3 is 4.90 Å². The van der Waals surface area contributed by atoms with E-state index in [1.807, 2.05) is 0 Å². The molecule has 0 heterocycles. The fraction of sp³-hybridized carbons (Fsp3) is 0.241. The lowest BCUT2D eigenvalue weighted by Gasteiger charge is -2.37. The SMILES string of the molecule is CN(C)[C@H](CCCC[C]1[CH][CH][CH][CH]1)[C]1[CH][CH][CH][C]1P(c1ccccc1)c1ccccc1. The lowest BCUT2D eigenvalue weighted by atomic mass is 9.91. The number of unbranched alkanes of at least 4 members (excludes halogenated alkanes) is 1. The molecule has 2 heteroatoms. The molecular formula is C29H32NP. The Hall–Kier alpha value is -1.17. The van der Waals surface area contributed by atoms with Gasteiger partial charge in [-0.2, -0.15) is 0 Å². The molecule has 0 bridgehead atoms. The first-order valence-corrected chi connectivity index (χ1v) is 12.6. The lowest BCUT2D eigenvalue weighted by molar-refractivity contribution is 0.291. The Morgan fingerprint density at radius 3 is 1.90 bits per heavy atom. The van der Waals surface area contributed by atoms with Gasteiger partial charge in [-0.25, -0.2) is 0 Å². The van der Waals surface area contributed by atoms with E-state index in [4.69, 9.17) is 0 Å².